The quantitative estimate of drug-likeness (QED) is 0.501. The van der Waals surface area contributed by atoms with E-state index in [9.17, 15) is 9.59 Å². The zero-order valence-corrected chi connectivity index (χ0v) is 19.3. The van der Waals surface area contributed by atoms with Gasteiger partial charge < -0.3 is 19.5 Å². The van der Waals surface area contributed by atoms with Crippen LogP contribution in [0.3, 0.4) is 0 Å². The Labute approximate surface area is 192 Å². The number of rotatable bonds is 8. The molecule has 0 spiro atoms. The third-order valence-electron chi connectivity index (χ3n) is 5.19. The van der Waals surface area contributed by atoms with E-state index in [-0.39, 0.29) is 23.4 Å². The van der Waals surface area contributed by atoms with Crippen molar-refractivity contribution in [2.45, 2.75) is 34.3 Å². The fourth-order valence-electron chi connectivity index (χ4n) is 3.28. The van der Waals surface area contributed by atoms with E-state index >= 15 is 0 Å². The molecule has 0 unspecified atom stereocenters. The van der Waals surface area contributed by atoms with Gasteiger partial charge >= 0.3 is 0 Å². The fourth-order valence-corrected chi connectivity index (χ4v) is 3.55. The zero-order chi connectivity index (χ0) is 23.3. The zero-order valence-electron chi connectivity index (χ0n) is 18.6. The molecule has 0 saturated carbocycles. The first kappa shape index (κ1) is 23.3. The van der Waals surface area contributed by atoms with Crippen molar-refractivity contribution >= 4 is 29.1 Å². The molecule has 3 rings (SSSR count). The molecule has 7 nitrogen and oxygen atoms in total. The Balaban J connectivity index is 1.75. The van der Waals surface area contributed by atoms with Gasteiger partial charge in [0.1, 0.15) is 18.1 Å². The first-order chi connectivity index (χ1) is 15.3. The largest absolute Gasteiger partial charge is 0.488 e. The third-order valence-corrected chi connectivity index (χ3v) is 5.51. The molecule has 3 aromatic rings. The average molecular weight is 456 g/mol. The number of nitrogens with one attached hydrogen (secondary N) is 1. The van der Waals surface area contributed by atoms with Gasteiger partial charge in [-0.2, -0.15) is 0 Å². The summed E-state index contributed by atoms with van der Waals surface area (Å²) in [5.41, 5.74) is 2.85. The molecule has 2 amide bonds. The Bertz CT molecular complexity index is 1100. The lowest BCUT2D eigenvalue weighted by molar-refractivity contribution is 0.0773. The van der Waals surface area contributed by atoms with Crippen LogP contribution in [0.2, 0.25) is 5.02 Å². The second kappa shape index (κ2) is 10.3. The van der Waals surface area contributed by atoms with E-state index in [4.69, 9.17) is 20.9 Å². The highest BCUT2D eigenvalue weighted by Gasteiger charge is 2.18. The highest BCUT2D eigenvalue weighted by molar-refractivity contribution is 6.34. The summed E-state index contributed by atoms with van der Waals surface area (Å²) < 4.78 is 11.0. The summed E-state index contributed by atoms with van der Waals surface area (Å²) in [5, 5.41) is 7.02. The first-order valence-corrected chi connectivity index (χ1v) is 10.8. The van der Waals surface area contributed by atoms with Crippen LogP contribution in [-0.4, -0.2) is 35.0 Å². The van der Waals surface area contributed by atoms with Crippen molar-refractivity contribution in [1.82, 2.24) is 10.1 Å². The molecule has 0 atom stereocenters. The number of benzene rings is 2. The molecule has 0 saturated heterocycles. The van der Waals surface area contributed by atoms with Crippen LogP contribution in [0.15, 0.2) is 47.0 Å². The number of ether oxygens (including phenoxy) is 1. The Hall–Kier alpha value is -3.32. The number of aryl methyl sites for hydroxylation is 2. The van der Waals surface area contributed by atoms with Crippen LogP contribution in [0.4, 0.5) is 5.69 Å². The highest BCUT2D eigenvalue weighted by atomic mass is 35.5. The van der Waals surface area contributed by atoms with Gasteiger partial charge in [-0.15, -0.1) is 0 Å². The highest BCUT2D eigenvalue weighted by Crippen LogP contribution is 2.25. The van der Waals surface area contributed by atoms with Gasteiger partial charge in [0.05, 0.1) is 27.4 Å². The monoisotopic (exact) mass is 455 g/mol. The molecule has 0 aliphatic rings. The molecule has 1 heterocycles. The van der Waals surface area contributed by atoms with Crippen LogP contribution >= 0.6 is 11.6 Å². The number of aromatic nitrogens is 1. The molecule has 168 valence electrons. The van der Waals surface area contributed by atoms with Crippen molar-refractivity contribution in [2.75, 3.05) is 18.4 Å². The lowest BCUT2D eigenvalue weighted by Crippen LogP contribution is -2.30. The maximum atomic E-state index is 12.9. The minimum atomic E-state index is -0.349. The molecule has 1 aromatic heterocycles. The maximum Gasteiger partial charge on any atom is 0.259 e. The maximum absolute atomic E-state index is 12.9. The van der Waals surface area contributed by atoms with Gasteiger partial charge in [0.2, 0.25) is 0 Å². The van der Waals surface area contributed by atoms with Crippen molar-refractivity contribution in [3.63, 3.8) is 0 Å². The summed E-state index contributed by atoms with van der Waals surface area (Å²) in [5.74, 6) is 0.622. The molecule has 2 aromatic carbocycles. The molecular formula is C24H26ClN3O4. The SMILES string of the molecule is CCN(CC)C(=O)c1ccc(NC(=O)c2ccccc2OCc2c(C)noc2C)cc1Cl. The Morgan fingerprint density at radius 3 is 2.44 bits per heavy atom. The van der Waals surface area contributed by atoms with Crippen LogP contribution in [0.25, 0.3) is 0 Å². The molecule has 0 bridgehead atoms. The molecule has 0 aliphatic carbocycles. The number of para-hydroxylation sites is 1. The van der Waals surface area contributed by atoms with Crippen LogP contribution < -0.4 is 10.1 Å². The summed E-state index contributed by atoms with van der Waals surface area (Å²) in [6, 6.07) is 11.8. The van der Waals surface area contributed by atoms with E-state index in [1.807, 2.05) is 27.7 Å². The Kier molecular flexibility index (Phi) is 7.53. The molecular weight excluding hydrogens is 430 g/mol. The van der Waals surface area contributed by atoms with Gasteiger partial charge in [-0.3, -0.25) is 9.59 Å². The van der Waals surface area contributed by atoms with E-state index in [1.54, 1.807) is 47.4 Å². The molecule has 0 radical (unpaired) electrons. The molecule has 0 fully saturated rings. The van der Waals surface area contributed by atoms with Gasteiger partial charge in [0.15, 0.2) is 0 Å². The number of hydrogen-bond donors (Lipinski definition) is 1. The standard InChI is InChI=1S/C24H26ClN3O4/c1-5-28(6-2)24(30)18-12-11-17(13-21(18)25)26-23(29)19-9-7-8-10-22(19)31-14-20-15(3)27-32-16(20)4/h7-13H,5-6,14H2,1-4H3,(H,26,29). The lowest BCUT2D eigenvalue weighted by Gasteiger charge is -2.19. The fraction of sp³-hybridized carbons (Fsp3) is 0.292. The number of carbonyl (C=O) groups is 2. The molecule has 32 heavy (non-hydrogen) atoms. The first-order valence-electron chi connectivity index (χ1n) is 10.4. The van der Waals surface area contributed by atoms with Crippen LogP contribution in [0.1, 0.15) is 51.6 Å². The minimum Gasteiger partial charge on any atom is -0.488 e. The molecule has 0 aliphatic heterocycles. The number of halogens is 1. The molecule has 1 N–H and O–H groups in total. The van der Waals surface area contributed by atoms with Crippen molar-refractivity contribution in [1.29, 1.82) is 0 Å². The van der Waals surface area contributed by atoms with Crippen LogP contribution in [-0.2, 0) is 6.61 Å². The predicted octanol–water partition coefficient (Wildman–Crippen LogP) is 5.26. The topological polar surface area (TPSA) is 84.7 Å². The smallest absolute Gasteiger partial charge is 0.259 e. The van der Waals surface area contributed by atoms with E-state index in [2.05, 4.69) is 10.5 Å². The van der Waals surface area contributed by atoms with Gasteiger partial charge in [0.25, 0.3) is 11.8 Å². The second-order valence-corrected chi connectivity index (χ2v) is 7.62. The summed E-state index contributed by atoms with van der Waals surface area (Å²) in [6.07, 6.45) is 0. The summed E-state index contributed by atoms with van der Waals surface area (Å²) in [4.78, 5) is 27.2. The number of nitrogens with zero attached hydrogens (tertiary/aromatic N) is 2. The number of anilines is 1. The average Bonchev–Trinajstić information content (AvgIpc) is 3.10. The predicted molar refractivity (Wildman–Crippen MR) is 123 cm³/mol. The van der Waals surface area contributed by atoms with E-state index in [1.165, 1.54) is 0 Å². The van der Waals surface area contributed by atoms with Gasteiger partial charge in [0, 0.05) is 18.8 Å². The van der Waals surface area contributed by atoms with Crippen molar-refractivity contribution in [3.8, 4) is 5.75 Å². The van der Waals surface area contributed by atoms with E-state index < -0.39 is 0 Å². The van der Waals surface area contributed by atoms with E-state index in [0.29, 0.717) is 41.4 Å². The number of amides is 2. The normalized spacial score (nSPS) is 10.7. The van der Waals surface area contributed by atoms with Crippen LogP contribution in [0, 0.1) is 13.8 Å². The number of carbonyl (C=O) groups excluding carboxylic acids is 2. The van der Waals surface area contributed by atoms with Crippen molar-refractivity contribution < 1.29 is 18.8 Å². The second-order valence-electron chi connectivity index (χ2n) is 7.21. The summed E-state index contributed by atoms with van der Waals surface area (Å²) >= 11 is 6.34. The van der Waals surface area contributed by atoms with Gasteiger partial charge in [-0.05, 0) is 58.0 Å². The lowest BCUT2D eigenvalue weighted by atomic mass is 10.1. The van der Waals surface area contributed by atoms with E-state index in [0.717, 1.165) is 11.3 Å². The van der Waals surface area contributed by atoms with Crippen LogP contribution in [0.5, 0.6) is 5.75 Å². The number of hydrogen-bond acceptors (Lipinski definition) is 5. The summed E-state index contributed by atoms with van der Waals surface area (Å²) in [7, 11) is 0. The Morgan fingerprint density at radius 2 is 1.81 bits per heavy atom. The van der Waals surface area contributed by atoms with Crippen molar-refractivity contribution in [2.24, 2.45) is 0 Å². The minimum absolute atomic E-state index is 0.143. The van der Waals surface area contributed by atoms with Gasteiger partial charge in [-0.25, -0.2) is 0 Å². The van der Waals surface area contributed by atoms with Crippen molar-refractivity contribution in [3.05, 3.63) is 75.6 Å². The Morgan fingerprint density at radius 1 is 1.09 bits per heavy atom. The summed E-state index contributed by atoms with van der Waals surface area (Å²) in [6.45, 7) is 8.90. The molecule has 8 heteroatoms. The third kappa shape index (κ3) is 5.11. The van der Waals surface area contributed by atoms with Gasteiger partial charge in [-0.1, -0.05) is 28.9 Å².